The molecule has 0 fully saturated rings. The van der Waals surface area contributed by atoms with Crippen molar-refractivity contribution in [1.82, 2.24) is 0 Å². The first kappa shape index (κ1) is 33.7. The van der Waals surface area contributed by atoms with Crippen LogP contribution in [0.15, 0.2) is 72.8 Å². The van der Waals surface area contributed by atoms with E-state index < -0.39 is 0 Å². The van der Waals surface area contributed by atoms with Crippen molar-refractivity contribution in [3.8, 4) is 23.0 Å². The van der Waals surface area contributed by atoms with E-state index in [4.69, 9.17) is 47.4 Å². The average Bonchev–Trinajstić information content (AvgIpc) is 3.08. The molecule has 4 aromatic carbocycles. The second kappa shape index (κ2) is 19.8. The van der Waals surface area contributed by atoms with Crippen molar-refractivity contribution in [2.24, 2.45) is 0 Å². The van der Waals surface area contributed by atoms with Crippen LogP contribution < -0.4 is 18.9 Å². The molecule has 0 spiro atoms. The second-order valence-corrected chi connectivity index (χ2v) is 10.4. The first-order valence-electron chi connectivity index (χ1n) is 15.9. The van der Waals surface area contributed by atoms with Gasteiger partial charge in [0.25, 0.3) is 0 Å². The molecule has 0 aliphatic carbocycles. The summed E-state index contributed by atoms with van der Waals surface area (Å²) in [5.74, 6) is 3.16. The maximum absolute atomic E-state index is 5.88. The lowest BCUT2D eigenvalue weighted by Crippen LogP contribution is -2.14. The van der Waals surface area contributed by atoms with Crippen molar-refractivity contribution < 1.29 is 47.4 Å². The van der Waals surface area contributed by atoms with Gasteiger partial charge in [-0.1, -0.05) is 24.3 Å². The summed E-state index contributed by atoms with van der Waals surface area (Å²) in [7, 11) is 0. The van der Waals surface area contributed by atoms with Gasteiger partial charge in [0.1, 0.15) is 49.4 Å². The lowest BCUT2D eigenvalue weighted by atomic mass is 10.1. The summed E-state index contributed by atoms with van der Waals surface area (Å²) in [5.41, 5.74) is 0. The Hall–Kier alpha value is -3.64. The third-order valence-electron chi connectivity index (χ3n) is 7.04. The topological polar surface area (TPSA) is 92.3 Å². The highest BCUT2D eigenvalue weighted by Crippen LogP contribution is 2.26. The Bertz CT molecular complexity index is 1340. The van der Waals surface area contributed by atoms with Gasteiger partial charge in [-0.05, 0) is 70.1 Å². The standard InChI is InChI=1S/C36H44O10/c1-5-35-27-32-28-36(6-2-29(1)32)46-24-20-42-16-12-38-10-14-40-18-22-44-34-8-4-30-25-33(7-3-31(30)26-34)43-21-17-39-13-9-37-11-15-41-19-23-45-35/h1-8,25-28H,9-24H2. The van der Waals surface area contributed by atoms with Gasteiger partial charge in [0, 0.05) is 0 Å². The Kier molecular flexibility index (Phi) is 14.5. The van der Waals surface area contributed by atoms with Crippen LogP contribution in [0.3, 0.4) is 0 Å². The fraction of sp³-hybridized carbons (Fsp3) is 0.444. The quantitative estimate of drug-likeness (QED) is 0.253. The fourth-order valence-electron chi connectivity index (χ4n) is 4.72. The smallest absolute Gasteiger partial charge is 0.120 e. The van der Waals surface area contributed by atoms with Crippen LogP contribution in [0, 0.1) is 0 Å². The second-order valence-electron chi connectivity index (χ2n) is 10.4. The van der Waals surface area contributed by atoms with E-state index in [1.807, 2.05) is 72.8 Å². The van der Waals surface area contributed by atoms with Crippen LogP contribution in [0.2, 0.25) is 0 Å². The highest BCUT2D eigenvalue weighted by Gasteiger charge is 2.04. The zero-order valence-corrected chi connectivity index (χ0v) is 26.3. The van der Waals surface area contributed by atoms with Gasteiger partial charge < -0.3 is 47.4 Å². The van der Waals surface area contributed by atoms with Crippen LogP contribution in [0.1, 0.15) is 0 Å². The monoisotopic (exact) mass is 636 g/mol. The minimum atomic E-state index is 0.450. The molecule has 7 bridgehead atoms. The number of ether oxygens (including phenoxy) is 10. The van der Waals surface area contributed by atoms with Gasteiger partial charge in [-0.15, -0.1) is 0 Å². The zero-order valence-electron chi connectivity index (χ0n) is 26.3. The SMILES string of the molecule is c1cc2cc3ccc2cc1OCCOCCOCCOCCOc1ccc2ccc(cc2c1)OCCOCCOCCOCCO3. The minimum Gasteiger partial charge on any atom is -0.491 e. The molecule has 10 nitrogen and oxygen atoms in total. The van der Waals surface area contributed by atoms with Crippen molar-refractivity contribution in [2.75, 3.05) is 106 Å². The Labute approximate surface area is 270 Å². The number of hydrogen-bond donors (Lipinski definition) is 0. The molecular weight excluding hydrogens is 592 g/mol. The van der Waals surface area contributed by atoms with E-state index in [9.17, 15) is 0 Å². The predicted octanol–water partition coefficient (Wildman–Crippen LogP) is 5.32. The van der Waals surface area contributed by atoms with Gasteiger partial charge in [-0.3, -0.25) is 0 Å². The van der Waals surface area contributed by atoms with E-state index in [0.717, 1.165) is 44.5 Å². The molecule has 4 aromatic rings. The third kappa shape index (κ3) is 11.9. The van der Waals surface area contributed by atoms with Crippen LogP contribution >= 0.6 is 0 Å². The molecule has 3 heterocycles. The molecule has 0 atom stereocenters. The molecule has 7 rings (SSSR count). The summed E-state index contributed by atoms with van der Waals surface area (Å²) in [6.07, 6.45) is 0. The van der Waals surface area contributed by atoms with Crippen molar-refractivity contribution >= 4 is 21.5 Å². The van der Waals surface area contributed by atoms with Crippen molar-refractivity contribution in [3.05, 3.63) is 72.8 Å². The molecule has 10 heteroatoms. The van der Waals surface area contributed by atoms with E-state index >= 15 is 0 Å². The Balaban J connectivity index is 1.05. The van der Waals surface area contributed by atoms with E-state index in [0.29, 0.717) is 106 Å². The number of benzene rings is 4. The lowest BCUT2D eigenvalue weighted by Gasteiger charge is -2.11. The minimum absolute atomic E-state index is 0.450. The van der Waals surface area contributed by atoms with Crippen LogP contribution in [-0.2, 0) is 28.4 Å². The highest BCUT2D eigenvalue weighted by molar-refractivity contribution is 5.86. The predicted molar refractivity (Wildman–Crippen MR) is 175 cm³/mol. The largest absolute Gasteiger partial charge is 0.491 e. The van der Waals surface area contributed by atoms with Crippen LogP contribution in [0.25, 0.3) is 21.5 Å². The fourth-order valence-corrected chi connectivity index (χ4v) is 4.72. The molecule has 0 saturated heterocycles. The van der Waals surface area contributed by atoms with Gasteiger partial charge in [0.15, 0.2) is 0 Å². The van der Waals surface area contributed by atoms with Crippen LogP contribution in [0.5, 0.6) is 23.0 Å². The summed E-state index contributed by atoms with van der Waals surface area (Å²) in [5, 5.41) is 4.31. The molecule has 0 saturated carbocycles. The summed E-state index contributed by atoms with van der Waals surface area (Å²) in [4.78, 5) is 0. The summed E-state index contributed by atoms with van der Waals surface area (Å²) in [6.45, 7) is 7.68. The molecule has 3 aliphatic rings. The van der Waals surface area contributed by atoms with Gasteiger partial charge in [-0.25, -0.2) is 0 Å². The summed E-state index contributed by atoms with van der Waals surface area (Å²) < 4.78 is 57.2. The first-order valence-corrected chi connectivity index (χ1v) is 15.9. The molecule has 46 heavy (non-hydrogen) atoms. The van der Waals surface area contributed by atoms with E-state index in [2.05, 4.69) is 0 Å². The Morgan fingerprint density at radius 1 is 0.239 bits per heavy atom. The molecule has 0 unspecified atom stereocenters. The molecule has 248 valence electrons. The number of rotatable bonds is 0. The lowest BCUT2D eigenvalue weighted by molar-refractivity contribution is 0.00499. The molecule has 0 radical (unpaired) electrons. The van der Waals surface area contributed by atoms with E-state index in [1.165, 1.54) is 0 Å². The maximum atomic E-state index is 5.88. The summed E-state index contributed by atoms with van der Waals surface area (Å²) in [6, 6.07) is 24.0. The molecule has 0 N–H and O–H groups in total. The zero-order chi connectivity index (χ0) is 31.5. The maximum Gasteiger partial charge on any atom is 0.120 e. The number of fused-ring (bicyclic) bond motifs is 2. The molecule has 0 aromatic heterocycles. The van der Waals surface area contributed by atoms with Gasteiger partial charge >= 0.3 is 0 Å². The molecular formula is C36H44O10. The molecule has 0 amide bonds. The third-order valence-corrected chi connectivity index (χ3v) is 7.04. The first-order chi connectivity index (χ1) is 22.8. The Morgan fingerprint density at radius 3 is 0.783 bits per heavy atom. The normalized spacial score (nSPS) is 18.1. The van der Waals surface area contributed by atoms with E-state index in [-0.39, 0.29) is 0 Å². The summed E-state index contributed by atoms with van der Waals surface area (Å²) >= 11 is 0. The Morgan fingerprint density at radius 2 is 0.478 bits per heavy atom. The van der Waals surface area contributed by atoms with E-state index in [1.54, 1.807) is 0 Å². The van der Waals surface area contributed by atoms with Gasteiger partial charge in [0.2, 0.25) is 0 Å². The molecule has 3 aliphatic heterocycles. The van der Waals surface area contributed by atoms with Crippen molar-refractivity contribution in [1.29, 1.82) is 0 Å². The van der Waals surface area contributed by atoms with Gasteiger partial charge in [-0.2, -0.15) is 0 Å². The van der Waals surface area contributed by atoms with Gasteiger partial charge in [0.05, 0.1) is 79.3 Å². The number of hydrogen-bond acceptors (Lipinski definition) is 10. The average molecular weight is 637 g/mol. The van der Waals surface area contributed by atoms with Crippen molar-refractivity contribution in [2.45, 2.75) is 0 Å². The van der Waals surface area contributed by atoms with Crippen LogP contribution in [0.4, 0.5) is 0 Å². The highest BCUT2D eigenvalue weighted by atomic mass is 16.6. The van der Waals surface area contributed by atoms with Crippen LogP contribution in [-0.4, -0.2) is 106 Å². The van der Waals surface area contributed by atoms with Crippen molar-refractivity contribution in [3.63, 3.8) is 0 Å².